The molecule has 0 aromatic heterocycles. The van der Waals surface area contributed by atoms with E-state index in [1.165, 1.54) is 83.5 Å². The zero-order valence-electron chi connectivity index (χ0n) is 23.6. The summed E-state index contributed by atoms with van der Waals surface area (Å²) in [6.07, 6.45) is 22.1. The molecule has 3 saturated carbocycles. The van der Waals surface area contributed by atoms with Gasteiger partial charge >= 0.3 is 0 Å². The highest BCUT2D eigenvalue weighted by molar-refractivity contribution is 5.25. The maximum absolute atomic E-state index is 6.48. The predicted octanol–water partition coefficient (Wildman–Crippen LogP) is 7.40. The molecule has 0 aromatic rings. The highest BCUT2D eigenvalue weighted by atomic mass is 16.7. The Labute approximate surface area is 221 Å². The largest absolute Gasteiger partial charge is 0.378 e. The van der Waals surface area contributed by atoms with Crippen LogP contribution in [0.25, 0.3) is 0 Å². The Bertz CT molecular complexity index is 746. The Balaban J connectivity index is 1.04. The van der Waals surface area contributed by atoms with Crippen molar-refractivity contribution < 1.29 is 14.2 Å². The Morgan fingerprint density at radius 2 is 1.75 bits per heavy atom. The van der Waals surface area contributed by atoms with Gasteiger partial charge in [-0.25, -0.2) is 0 Å². The van der Waals surface area contributed by atoms with Gasteiger partial charge < -0.3 is 19.9 Å². The molecule has 0 radical (unpaired) electrons. The van der Waals surface area contributed by atoms with Crippen LogP contribution < -0.4 is 5.73 Å². The van der Waals surface area contributed by atoms with E-state index < -0.39 is 0 Å². The van der Waals surface area contributed by atoms with Crippen LogP contribution in [0.3, 0.4) is 0 Å². The summed E-state index contributed by atoms with van der Waals surface area (Å²) in [7, 11) is 0. The van der Waals surface area contributed by atoms with Gasteiger partial charge in [0, 0.05) is 25.9 Å². The van der Waals surface area contributed by atoms with E-state index >= 15 is 0 Å². The number of fused-ring (bicyclic) bond motifs is 5. The molecular formula is C32H55NO3. The first-order chi connectivity index (χ1) is 17.4. The van der Waals surface area contributed by atoms with Gasteiger partial charge in [-0.2, -0.15) is 0 Å². The number of ether oxygens (including phenoxy) is 3. The number of rotatable bonds is 10. The third kappa shape index (κ3) is 5.49. The van der Waals surface area contributed by atoms with Crippen LogP contribution in [0.5, 0.6) is 0 Å². The van der Waals surface area contributed by atoms with Crippen LogP contribution in [0.2, 0.25) is 0 Å². The molecule has 4 unspecified atom stereocenters. The van der Waals surface area contributed by atoms with E-state index in [2.05, 4.69) is 26.8 Å². The summed E-state index contributed by atoms with van der Waals surface area (Å²) in [5.74, 6) is 3.37. The summed E-state index contributed by atoms with van der Waals surface area (Å²) >= 11 is 0. The van der Waals surface area contributed by atoms with E-state index in [0.29, 0.717) is 23.0 Å². The number of hydrogen-bond donors (Lipinski definition) is 1. The molecule has 4 aliphatic carbocycles. The molecule has 206 valence electrons. The summed E-state index contributed by atoms with van der Waals surface area (Å²) in [6, 6.07) is 0.346. The molecule has 0 amide bonds. The summed E-state index contributed by atoms with van der Waals surface area (Å²) in [5, 5.41) is 0. The molecule has 1 saturated heterocycles. The van der Waals surface area contributed by atoms with Crippen molar-refractivity contribution in [3.63, 3.8) is 0 Å². The quantitative estimate of drug-likeness (QED) is 0.250. The second-order valence-electron chi connectivity index (χ2n) is 13.7. The molecule has 4 heteroatoms. The lowest BCUT2D eigenvalue weighted by Crippen LogP contribution is -2.51. The first kappa shape index (κ1) is 27.2. The molecule has 36 heavy (non-hydrogen) atoms. The standard InChI is InChI=1S/C32H55NO3/c1-23(33)27-13-14-28-26-12-11-24-22-25(15-17-31(24,2)29(26)16-18-32(27,28)3)34-19-7-4-5-8-20-35-30-10-6-9-21-36-30/h11,23,25-30H,4-10,12-22,33H2,1-3H3/t23-,25+,26?,27-,28?,29?,30?,31+,32-/m1/s1. The van der Waals surface area contributed by atoms with Gasteiger partial charge in [0.1, 0.15) is 0 Å². The first-order valence-corrected chi connectivity index (χ1v) is 15.7. The average molecular weight is 502 g/mol. The van der Waals surface area contributed by atoms with Gasteiger partial charge in [-0.15, -0.1) is 0 Å². The maximum Gasteiger partial charge on any atom is 0.157 e. The van der Waals surface area contributed by atoms with Crippen molar-refractivity contribution >= 4 is 0 Å². The monoisotopic (exact) mass is 501 g/mol. The van der Waals surface area contributed by atoms with Crippen LogP contribution in [0.15, 0.2) is 11.6 Å². The van der Waals surface area contributed by atoms with E-state index in [-0.39, 0.29) is 6.29 Å². The summed E-state index contributed by atoms with van der Waals surface area (Å²) < 4.78 is 17.9. The Morgan fingerprint density at radius 1 is 0.944 bits per heavy atom. The number of allylic oxidation sites excluding steroid dienone is 1. The molecule has 0 aromatic carbocycles. The molecule has 5 rings (SSSR count). The van der Waals surface area contributed by atoms with Crippen LogP contribution in [-0.4, -0.2) is 38.3 Å². The minimum atomic E-state index is 0.0614. The Kier molecular flexibility index (Phi) is 8.87. The van der Waals surface area contributed by atoms with Gasteiger partial charge in [0.05, 0.1) is 6.10 Å². The molecule has 4 nitrogen and oxygen atoms in total. The van der Waals surface area contributed by atoms with Crippen molar-refractivity contribution in [2.24, 2.45) is 40.2 Å². The smallest absolute Gasteiger partial charge is 0.157 e. The molecule has 0 bridgehead atoms. The van der Waals surface area contributed by atoms with E-state index in [1.807, 2.05) is 0 Å². The zero-order valence-corrected chi connectivity index (χ0v) is 23.6. The van der Waals surface area contributed by atoms with Gasteiger partial charge in [-0.3, -0.25) is 0 Å². The van der Waals surface area contributed by atoms with Gasteiger partial charge in [-0.05, 0) is 125 Å². The van der Waals surface area contributed by atoms with Crippen LogP contribution >= 0.6 is 0 Å². The van der Waals surface area contributed by atoms with Crippen LogP contribution in [0, 0.1) is 34.5 Å². The minimum absolute atomic E-state index is 0.0614. The third-order valence-electron chi connectivity index (χ3n) is 11.6. The second kappa shape index (κ2) is 11.8. The zero-order chi connectivity index (χ0) is 25.2. The van der Waals surface area contributed by atoms with Crippen molar-refractivity contribution in [3.05, 3.63) is 11.6 Å². The minimum Gasteiger partial charge on any atom is -0.378 e. The molecular weight excluding hydrogens is 446 g/mol. The lowest BCUT2D eigenvalue weighted by Gasteiger charge is -2.58. The van der Waals surface area contributed by atoms with Crippen LogP contribution in [-0.2, 0) is 14.2 Å². The number of nitrogens with two attached hydrogens (primary N) is 1. The third-order valence-corrected chi connectivity index (χ3v) is 11.6. The summed E-state index contributed by atoms with van der Waals surface area (Å²) in [5.41, 5.74) is 9.12. The van der Waals surface area contributed by atoms with E-state index in [9.17, 15) is 0 Å². The first-order valence-electron chi connectivity index (χ1n) is 15.7. The normalized spacial score (nSPS) is 43.3. The predicted molar refractivity (Wildman–Crippen MR) is 147 cm³/mol. The topological polar surface area (TPSA) is 53.7 Å². The Morgan fingerprint density at radius 3 is 2.50 bits per heavy atom. The van der Waals surface area contributed by atoms with Crippen molar-refractivity contribution in [1.82, 2.24) is 0 Å². The average Bonchev–Trinajstić information content (AvgIpc) is 3.24. The van der Waals surface area contributed by atoms with E-state index in [0.717, 1.165) is 56.3 Å². The van der Waals surface area contributed by atoms with Crippen molar-refractivity contribution in [2.75, 3.05) is 19.8 Å². The van der Waals surface area contributed by atoms with Crippen molar-refractivity contribution in [1.29, 1.82) is 0 Å². The van der Waals surface area contributed by atoms with Gasteiger partial charge in [-0.1, -0.05) is 38.3 Å². The van der Waals surface area contributed by atoms with Gasteiger partial charge in [0.2, 0.25) is 0 Å². The molecule has 2 N–H and O–H groups in total. The highest BCUT2D eigenvalue weighted by Crippen LogP contribution is 2.66. The Hall–Kier alpha value is -0.420. The lowest BCUT2D eigenvalue weighted by atomic mass is 9.47. The highest BCUT2D eigenvalue weighted by Gasteiger charge is 2.59. The summed E-state index contributed by atoms with van der Waals surface area (Å²) in [4.78, 5) is 0. The fourth-order valence-corrected chi connectivity index (χ4v) is 9.54. The molecule has 5 aliphatic rings. The molecule has 1 heterocycles. The fraction of sp³-hybridized carbons (Fsp3) is 0.938. The number of hydrogen-bond acceptors (Lipinski definition) is 4. The maximum atomic E-state index is 6.48. The van der Waals surface area contributed by atoms with E-state index in [1.54, 1.807) is 5.57 Å². The second-order valence-corrected chi connectivity index (χ2v) is 13.7. The van der Waals surface area contributed by atoms with Gasteiger partial charge in [0.15, 0.2) is 6.29 Å². The summed E-state index contributed by atoms with van der Waals surface area (Å²) in [6.45, 7) is 10.1. The molecule has 4 fully saturated rings. The molecule has 9 atom stereocenters. The number of unbranched alkanes of at least 4 members (excludes halogenated alkanes) is 3. The molecule has 1 aliphatic heterocycles. The fourth-order valence-electron chi connectivity index (χ4n) is 9.54. The lowest BCUT2D eigenvalue weighted by molar-refractivity contribution is -0.162. The SMILES string of the molecule is C[C@@H](N)[C@H]1CCC2C3CC=C4C[C@@H](OCCCCCCOC5CCCCO5)CC[C@]4(C)C3CC[C@@]21C. The van der Waals surface area contributed by atoms with Crippen molar-refractivity contribution in [2.45, 2.75) is 136 Å². The molecule has 0 spiro atoms. The van der Waals surface area contributed by atoms with Crippen LogP contribution in [0.1, 0.15) is 117 Å². The van der Waals surface area contributed by atoms with Crippen molar-refractivity contribution in [3.8, 4) is 0 Å². The van der Waals surface area contributed by atoms with Crippen LogP contribution in [0.4, 0.5) is 0 Å². The van der Waals surface area contributed by atoms with Gasteiger partial charge in [0.25, 0.3) is 0 Å². The van der Waals surface area contributed by atoms with E-state index in [4.69, 9.17) is 19.9 Å².